The lowest BCUT2D eigenvalue weighted by atomic mass is 9.83. The summed E-state index contributed by atoms with van der Waals surface area (Å²) < 4.78 is 5.69. The second kappa shape index (κ2) is 9.22. The third-order valence-electron chi connectivity index (χ3n) is 3.97. The second-order valence-electron chi connectivity index (χ2n) is 7.26. The van der Waals surface area contributed by atoms with E-state index < -0.39 is 0 Å². The number of hydrogen-bond acceptors (Lipinski definition) is 2. The minimum atomic E-state index is -0.207. The Labute approximate surface area is 130 Å². The topological polar surface area (TPSA) is 29.5 Å². The van der Waals surface area contributed by atoms with Crippen LogP contribution in [0.3, 0.4) is 0 Å². The molecule has 0 aliphatic rings. The highest BCUT2D eigenvalue weighted by Gasteiger charge is 2.23. The molecule has 120 valence electrons. The van der Waals surface area contributed by atoms with Gasteiger partial charge in [-0.15, -0.1) is 0 Å². The van der Waals surface area contributed by atoms with Crippen LogP contribution in [0.15, 0.2) is 30.3 Å². The maximum Gasteiger partial charge on any atom is 0.0716 e. The first-order valence-electron chi connectivity index (χ1n) is 8.19. The molecule has 0 amide bonds. The van der Waals surface area contributed by atoms with Crippen molar-refractivity contribution in [3.8, 4) is 0 Å². The molecule has 0 saturated heterocycles. The van der Waals surface area contributed by atoms with Gasteiger partial charge in [0.2, 0.25) is 0 Å². The van der Waals surface area contributed by atoms with E-state index in [0.717, 1.165) is 19.4 Å². The third-order valence-corrected chi connectivity index (χ3v) is 3.97. The molecule has 2 nitrogen and oxygen atoms in total. The van der Waals surface area contributed by atoms with Crippen LogP contribution in [0.25, 0.3) is 0 Å². The first-order valence-corrected chi connectivity index (χ1v) is 8.19. The monoisotopic (exact) mass is 292 g/mol. The summed E-state index contributed by atoms with van der Waals surface area (Å²) in [5, 5.41) is 10.1. The summed E-state index contributed by atoms with van der Waals surface area (Å²) in [6.45, 7) is 10.1. The number of aliphatic hydroxyl groups is 1. The Morgan fingerprint density at radius 1 is 1.10 bits per heavy atom. The molecule has 0 aliphatic heterocycles. The predicted octanol–water partition coefficient (Wildman–Crippen LogP) is 4.81. The Balaban J connectivity index is 2.03. The maximum absolute atomic E-state index is 10.1. The van der Waals surface area contributed by atoms with Crippen molar-refractivity contribution in [3.05, 3.63) is 35.9 Å². The van der Waals surface area contributed by atoms with Crippen molar-refractivity contribution < 1.29 is 9.84 Å². The first-order chi connectivity index (χ1) is 9.89. The average molecular weight is 292 g/mol. The van der Waals surface area contributed by atoms with E-state index in [9.17, 15) is 5.11 Å². The smallest absolute Gasteiger partial charge is 0.0716 e. The SMILES string of the molecule is C[C@@H](CCCCOCc1ccccc1)C[C@H](O)C(C)(C)C. The van der Waals surface area contributed by atoms with Crippen LogP contribution in [-0.2, 0) is 11.3 Å². The summed E-state index contributed by atoms with van der Waals surface area (Å²) in [6.07, 6.45) is 4.13. The molecule has 1 aromatic carbocycles. The molecule has 1 N–H and O–H groups in total. The number of benzene rings is 1. The summed E-state index contributed by atoms with van der Waals surface area (Å²) in [4.78, 5) is 0. The van der Waals surface area contributed by atoms with E-state index >= 15 is 0 Å². The average Bonchev–Trinajstić information content (AvgIpc) is 2.42. The van der Waals surface area contributed by atoms with Gasteiger partial charge in [-0.2, -0.15) is 0 Å². The summed E-state index contributed by atoms with van der Waals surface area (Å²) in [6, 6.07) is 10.3. The van der Waals surface area contributed by atoms with Crippen molar-refractivity contribution in [3.63, 3.8) is 0 Å². The fourth-order valence-corrected chi connectivity index (χ4v) is 2.31. The molecule has 0 spiro atoms. The largest absolute Gasteiger partial charge is 0.393 e. The highest BCUT2D eigenvalue weighted by molar-refractivity contribution is 5.13. The molecule has 0 heterocycles. The van der Waals surface area contributed by atoms with Crippen molar-refractivity contribution in [1.82, 2.24) is 0 Å². The van der Waals surface area contributed by atoms with Gasteiger partial charge in [-0.3, -0.25) is 0 Å². The molecular weight excluding hydrogens is 260 g/mol. The summed E-state index contributed by atoms with van der Waals surface area (Å²) >= 11 is 0. The van der Waals surface area contributed by atoms with Crippen molar-refractivity contribution in [2.75, 3.05) is 6.61 Å². The van der Waals surface area contributed by atoms with E-state index in [2.05, 4.69) is 39.8 Å². The zero-order valence-electron chi connectivity index (χ0n) is 14.1. The zero-order chi connectivity index (χ0) is 15.7. The Morgan fingerprint density at radius 3 is 2.38 bits per heavy atom. The van der Waals surface area contributed by atoms with Crippen molar-refractivity contribution in [2.24, 2.45) is 11.3 Å². The molecule has 0 unspecified atom stereocenters. The molecule has 0 aliphatic carbocycles. The number of unbranched alkanes of at least 4 members (excludes halogenated alkanes) is 1. The van der Waals surface area contributed by atoms with Crippen LogP contribution < -0.4 is 0 Å². The van der Waals surface area contributed by atoms with E-state index in [1.807, 2.05) is 18.2 Å². The number of hydrogen-bond donors (Lipinski definition) is 1. The second-order valence-corrected chi connectivity index (χ2v) is 7.26. The van der Waals surface area contributed by atoms with Gasteiger partial charge in [0.25, 0.3) is 0 Å². The quantitative estimate of drug-likeness (QED) is 0.662. The van der Waals surface area contributed by atoms with Crippen molar-refractivity contribution >= 4 is 0 Å². The van der Waals surface area contributed by atoms with Gasteiger partial charge in [0.05, 0.1) is 12.7 Å². The molecule has 0 aromatic heterocycles. The fourth-order valence-electron chi connectivity index (χ4n) is 2.31. The van der Waals surface area contributed by atoms with E-state index in [0.29, 0.717) is 12.5 Å². The maximum atomic E-state index is 10.1. The Morgan fingerprint density at radius 2 is 1.76 bits per heavy atom. The number of ether oxygens (including phenoxy) is 1. The van der Waals surface area contributed by atoms with Gasteiger partial charge in [-0.25, -0.2) is 0 Å². The number of rotatable bonds is 9. The lowest BCUT2D eigenvalue weighted by molar-refractivity contribution is 0.0413. The van der Waals surface area contributed by atoms with Crippen LogP contribution in [0.5, 0.6) is 0 Å². The van der Waals surface area contributed by atoms with Gasteiger partial charge in [0, 0.05) is 6.61 Å². The zero-order valence-corrected chi connectivity index (χ0v) is 14.1. The Hall–Kier alpha value is -0.860. The molecule has 0 radical (unpaired) electrons. The fraction of sp³-hybridized carbons (Fsp3) is 0.684. The van der Waals surface area contributed by atoms with Gasteiger partial charge in [-0.05, 0) is 29.7 Å². The molecule has 1 aromatic rings. The minimum Gasteiger partial charge on any atom is -0.393 e. The molecule has 0 fully saturated rings. The highest BCUT2D eigenvalue weighted by Crippen LogP contribution is 2.26. The molecule has 1 rings (SSSR count). The van der Waals surface area contributed by atoms with Gasteiger partial charge >= 0.3 is 0 Å². The van der Waals surface area contributed by atoms with Crippen LogP contribution in [0.1, 0.15) is 58.9 Å². The summed E-state index contributed by atoms with van der Waals surface area (Å²) in [5.41, 5.74) is 1.23. The summed E-state index contributed by atoms with van der Waals surface area (Å²) in [7, 11) is 0. The molecule has 21 heavy (non-hydrogen) atoms. The molecule has 2 atom stereocenters. The van der Waals surface area contributed by atoms with Gasteiger partial charge in [0.1, 0.15) is 0 Å². The lowest BCUT2D eigenvalue weighted by Crippen LogP contribution is -2.27. The Kier molecular flexibility index (Phi) is 7.98. The minimum absolute atomic E-state index is 0.00689. The van der Waals surface area contributed by atoms with Crippen LogP contribution in [0, 0.1) is 11.3 Å². The van der Waals surface area contributed by atoms with E-state index in [1.165, 1.54) is 18.4 Å². The van der Waals surface area contributed by atoms with E-state index in [1.54, 1.807) is 0 Å². The molecule has 0 saturated carbocycles. The first kappa shape index (κ1) is 18.2. The van der Waals surface area contributed by atoms with Gasteiger partial charge < -0.3 is 9.84 Å². The van der Waals surface area contributed by atoms with E-state index in [4.69, 9.17) is 4.74 Å². The predicted molar refractivity (Wildman–Crippen MR) is 89.2 cm³/mol. The normalized spacial score (nSPS) is 14.9. The Bertz CT molecular complexity index is 367. The van der Waals surface area contributed by atoms with E-state index in [-0.39, 0.29) is 11.5 Å². The molecule has 0 bridgehead atoms. The number of aliphatic hydroxyl groups excluding tert-OH is 1. The van der Waals surface area contributed by atoms with Crippen LogP contribution in [-0.4, -0.2) is 17.8 Å². The molecule has 2 heteroatoms. The standard InChI is InChI=1S/C19H32O2/c1-16(14-18(20)19(2,3)4)10-8-9-13-21-15-17-11-6-5-7-12-17/h5-7,11-12,16,18,20H,8-10,13-15H2,1-4H3/t16-,18-/m0/s1. The van der Waals surface area contributed by atoms with Crippen LogP contribution in [0.4, 0.5) is 0 Å². The van der Waals surface area contributed by atoms with Gasteiger partial charge in [-0.1, -0.05) is 70.9 Å². The third kappa shape index (κ3) is 8.23. The van der Waals surface area contributed by atoms with Gasteiger partial charge in [0.15, 0.2) is 0 Å². The highest BCUT2D eigenvalue weighted by atomic mass is 16.5. The van der Waals surface area contributed by atoms with Crippen molar-refractivity contribution in [1.29, 1.82) is 0 Å². The van der Waals surface area contributed by atoms with Crippen molar-refractivity contribution in [2.45, 2.75) is 66.1 Å². The van der Waals surface area contributed by atoms with Crippen LogP contribution >= 0.6 is 0 Å². The lowest BCUT2D eigenvalue weighted by Gasteiger charge is -2.28. The molecular formula is C19H32O2. The summed E-state index contributed by atoms with van der Waals surface area (Å²) in [5.74, 6) is 0.577. The van der Waals surface area contributed by atoms with Crippen LogP contribution in [0.2, 0.25) is 0 Å².